The minimum atomic E-state index is 0.409. The van der Waals surface area contributed by atoms with Crippen LogP contribution in [-0.4, -0.2) is 47.3 Å². The quantitative estimate of drug-likeness (QED) is 0.582. The molecule has 1 saturated heterocycles. The van der Waals surface area contributed by atoms with Gasteiger partial charge in [0.05, 0.1) is 47.8 Å². The van der Waals surface area contributed by atoms with E-state index in [1.807, 2.05) is 12.5 Å². The molecule has 2 aromatic heterocycles. The second-order valence-corrected chi connectivity index (χ2v) is 6.79. The van der Waals surface area contributed by atoms with Crippen LogP contribution in [0.5, 0.6) is 0 Å². The lowest BCUT2D eigenvalue weighted by atomic mass is 10.1. The van der Waals surface area contributed by atoms with Crippen LogP contribution in [0.2, 0.25) is 6.04 Å². The largest absolute Gasteiger partial charge is 0.472 e. The Hall–Kier alpha value is -1.30. The summed E-state index contributed by atoms with van der Waals surface area (Å²) in [5.74, 6) is 0. The summed E-state index contributed by atoms with van der Waals surface area (Å²) in [4.78, 5) is 2.50. The zero-order valence-corrected chi connectivity index (χ0v) is 13.2. The molecule has 0 aliphatic carbocycles. The lowest BCUT2D eigenvalue weighted by Gasteiger charge is -2.26. The molecular weight excluding hydrogens is 282 g/mol. The molecule has 3 heterocycles. The Labute approximate surface area is 127 Å². The van der Waals surface area contributed by atoms with E-state index < -0.39 is 0 Å². The summed E-state index contributed by atoms with van der Waals surface area (Å²) in [5, 5.41) is 0. The van der Waals surface area contributed by atoms with Gasteiger partial charge in [0.2, 0.25) is 0 Å². The first-order valence-electron chi connectivity index (χ1n) is 7.51. The number of hydrogen-bond acceptors (Lipinski definition) is 4. The molecule has 0 N–H and O–H groups in total. The molecule has 0 saturated carbocycles. The molecule has 0 atom stereocenters. The third kappa shape index (κ3) is 4.09. The van der Waals surface area contributed by atoms with Gasteiger partial charge in [-0.3, -0.25) is 4.90 Å². The van der Waals surface area contributed by atoms with Crippen molar-refractivity contribution in [3.63, 3.8) is 0 Å². The van der Waals surface area contributed by atoms with Crippen molar-refractivity contribution in [2.24, 2.45) is 0 Å². The van der Waals surface area contributed by atoms with E-state index in [4.69, 9.17) is 13.6 Å². The zero-order valence-electron chi connectivity index (χ0n) is 12.2. The van der Waals surface area contributed by atoms with Gasteiger partial charge in [0, 0.05) is 18.6 Å². The van der Waals surface area contributed by atoms with Gasteiger partial charge < -0.3 is 13.6 Å². The molecule has 4 nitrogen and oxygen atoms in total. The van der Waals surface area contributed by atoms with E-state index in [0.717, 1.165) is 35.8 Å². The predicted molar refractivity (Wildman–Crippen MR) is 81.7 cm³/mol. The summed E-state index contributed by atoms with van der Waals surface area (Å²) in [7, 11) is 0.855. The summed E-state index contributed by atoms with van der Waals surface area (Å²) in [6.07, 6.45) is 8.45. The first-order chi connectivity index (χ1) is 10.4. The molecule has 0 unspecified atom stereocenters. The fourth-order valence-electron chi connectivity index (χ4n) is 2.68. The molecule has 0 aromatic carbocycles. The van der Waals surface area contributed by atoms with Crippen LogP contribution in [0.4, 0.5) is 0 Å². The standard InChI is InChI=1S/C16H21NO3Si/c1(4-17-5-9-18-10-6-17)11-21-16(14-2-7-19-12-14)15-3-8-20-13-15/h2-3,7-8,12-13,16H,1,4-6,9-11H2. The Bertz CT molecular complexity index is 457. The van der Waals surface area contributed by atoms with Crippen LogP contribution in [0.1, 0.15) is 23.1 Å². The van der Waals surface area contributed by atoms with Crippen molar-refractivity contribution in [2.45, 2.75) is 18.0 Å². The van der Waals surface area contributed by atoms with Crippen LogP contribution < -0.4 is 0 Å². The normalized spacial score (nSPS) is 16.6. The average molecular weight is 303 g/mol. The van der Waals surface area contributed by atoms with E-state index in [1.54, 1.807) is 12.5 Å². The van der Waals surface area contributed by atoms with Gasteiger partial charge in [-0.25, -0.2) is 0 Å². The van der Waals surface area contributed by atoms with Crippen molar-refractivity contribution in [1.82, 2.24) is 4.90 Å². The Morgan fingerprint density at radius 3 is 2.29 bits per heavy atom. The van der Waals surface area contributed by atoms with Crippen molar-refractivity contribution < 1.29 is 13.6 Å². The molecule has 2 aromatic rings. The van der Waals surface area contributed by atoms with Crippen molar-refractivity contribution in [3.05, 3.63) is 48.3 Å². The van der Waals surface area contributed by atoms with Crippen molar-refractivity contribution >= 4 is 9.52 Å². The minimum absolute atomic E-state index is 0.409. The first-order valence-corrected chi connectivity index (χ1v) is 8.79. The van der Waals surface area contributed by atoms with Crippen LogP contribution in [0.25, 0.3) is 0 Å². The molecule has 3 rings (SSSR count). The Balaban J connectivity index is 1.49. The highest BCUT2D eigenvalue weighted by Gasteiger charge is 2.17. The second kappa shape index (κ2) is 7.63. The number of furan rings is 2. The van der Waals surface area contributed by atoms with E-state index in [0.29, 0.717) is 5.54 Å². The molecule has 2 radical (unpaired) electrons. The fourth-order valence-corrected chi connectivity index (χ4v) is 4.13. The summed E-state index contributed by atoms with van der Waals surface area (Å²) in [5.41, 5.74) is 2.91. The molecule has 0 amide bonds. The van der Waals surface area contributed by atoms with E-state index in [-0.39, 0.29) is 0 Å². The van der Waals surface area contributed by atoms with Crippen molar-refractivity contribution in [3.8, 4) is 0 Å². The van der Waals surface area contributed by atoms with E-state index in [9.17, 15) is 0 Å². The average Bonchev–Trinajstić information content (AvgIpc) is 3.22. The molecule has 5 heteroatoms. The van der Waals surface area contributed by atoms with Gasteiger partial charge in [-0.15, -0.1) is 0 Å². The molecule has 0 spiro atoms. The number of nitrogens with zero attached hydrogens (tertiary/aromatic N) is 1. The number of morpholine rings is 1. The summed E-state index contributed by atoms with van der Waals surface area (Å²) in [6.45, 7) is 5.11. The predicted octanol–water partition coefficient (Wildman–Crippen LogP) is 2.81. The summed E-state index contributed by atoms with van der Waals surface area (Å²) in [6, 6.07) is 5.36. The fraction of sp³-hybridized carbons (Fsp3) is 0.500. The van der Waals surface area contributed by atoms with Gasteiger partial charge in [0.15, 0.2) is 0 Å². The highest BCUT2D eigenvalue weighted by atomic mass is 28.2. The van der Waals surface area contributed by atoms with Gasteiger partial charge in [-0.05, 0) is 36.2 Å². The highest BCUT2D eigenvalue weighted by Crippen LogP contribution is 2.25. The van der Waals surface area contributed by atoms with Crippen LogP contribution in [0.15, 0.2) is 46.0 Å². The highest BCUT2D eigenvalue weighted by molar-refractivity contribution is 6.39. The van der Waals surface area contributed by atoms with Gasteiger partial charge in [0.25, 0.3) is 0 Å². The zero-order chi connectivity index (χ0) is 14.3. The number of hydrogen-bond donors (Lipinski definition) is 0. The van der Waals surface area contributed by atoms with Crippen LogP contribution >= 0.6 is 0 Å². The molecule has 112 valence electrons. The van der Waals surface area contributed by atoms with Crippen LogP contribution in [0, 0.1) is 0 Å². The summed E-state index contributed by atoms with van der Waals surface area (Å²) >= 11 is 0. The van der Waals surface area contributed by atoms with E-state index in [1.165, 1.54) is 30.1 Å². The first kappa shape index (κ1) is 14.6. The topological polar surface area (TPSA) is 38.8 Å². The van der Waals surface area contributed by atoms with Gasteiger partial charge in [-0.2, -0.15) is 0 Å². The second-order valence-electron chi connectivity index (χ2n) is 5.31. The van der Waals surface area contributed by atoms with E-state index in [2.05, 4.69) is 17.0 Å². The molecule has 0 bridgehead atoms. The number of rotatable bonds is 7. The SMILES string of the molecule is c1cc(C([Si]CCCN2CCOCC2)c2ccoc2)co1. The monoisotopic (exact) mass is 303 g/mol. The number of ether oxygens (including phenoxy) is 1. The molecule has 1 aliphatic rings. The molecule has 1 aliphatic heterocycles. The smallest absolute Gasteiger partial charge is 0.0937 e. The van der Waals surface area contributed by atoms with E-state index >= 15 is 0 Å². The Kier molecular flexibility index (Phi) is 5.32. The third-order valence-electron chi connectivity index (χ3n) is 3.86. The maximum absolute atomic E-state index is 5.38. The Morgan fingerprint density at radius 2 is 1.71 bits per heavy atom. The van der Waals surface area contributed by atoms with Crippen molar-refractivity contribution in [2.75, 3.05) is 32.8 Å². The molecule has 1 fully saturated rings. The lowest BCUT2D eigenvalue weighted by Crippen LogP contribution is -2.36. The third-order valence-corrected chi connectivity index (χ3v) is 5.57. The minimum Gasteiger partial charge on any atom is -0.472 e. The van der Waals surface area contributed by atoms with Gasteiger partial charge in [-0.1, -0.05) is 6.04 Å². The van der Waals surface area contributed by atoms with Crippen LogP contribution in [-0.2, 0) is 4.74 Å². The maximum atomic E-state index is 5.38. The summed E-state index contributed by atoms with van der Waals surface area (Å²) < 4.78 is 15.9. The molecular formula is C16H21NO3Si. The maximum Gasteiger partial charge on any atom is 0.0937 e. The van der Waals surface area contributed by atoms with Gasteiger partial charge >= 0.3 is 0 Å². The molecule has 21 heavy (non-hydrogen) atoms. The Morgan fingerprint density at radius 1 is 1.05 bits per heavy atom. The van der Waals surface area contributed by atoms with Crippen LogP contribution in [0.3, 0.4) is 0 Å². The lowest BCUT2D eigenvalue weighted by molar-refractivity contribution is 0.0380. The van der Waals surface area contributed by atoms with Gasteiger partial charge in [0.1, 0.15) is 0 Å². The van der Waals surface area contributed by atoms with Crippen molar-refractivity contribution in [1.29, 1.82) is 0 Å².